The van der Waals surface area contributed by atoms with Gasteiger partial charge < -0.3 is 10.6 Å². The van der Waals surface area contributed by atoms with E-state index in [0.717, 1.165) is 41.3 Å². The molecule has 0 radical (unpaired) electrons. The van der Waals surface area contributed by atoms with Crippen LogP contribution in [0, 0.1) is 13.8 Å². The van der Waals surface area contributed by atoms with Crippen molar-refractivity contribution in [3.63, 3.8) is 0 Å². The molecule has 1 aliphatic rings. The van der Waals surface area contributed by atoms with Gasteiger partial charge in [0.05, 0.1) is 4.90 Å². The van der Waals surface area contributed by atoms with Gasteiger partial charge in [0, 0.05) is 19.8 Å². The maximum absolute atomic E-state index is 12.9. The summed E-state index contributed by atoms with van der Waals surface area (Å²) in [6, 6.07) is 2.34. The first kappa shape index (κ1) is 26.8. The van der Waals surface area contributed by atoms with E-state index in [2.05, 4.69) is 17.6 Å². The number of unbranched alkanes of at least 4 members (excludes halogenated alkanes) is 4. The molecule has 10 heteroatoms. The summed E-state index contributed by atoms with van der Waals surface area (Å²) in [5, 5.41) is 5.39. The van der Waals surface area contributed by atoms with Gasteiger partial charge in [-0.3, -0.25) is 14.5 Å². The number of nitrogens with zero attached hydrogens (tertiary/aromatic N) is 2. The summed E-state index contributed by atoms with van der Waals surface area (Å²) in [7, 11) is -0.828. The summed E-state index contributed by atoms with van der Waals surface area (Å²) < 4.78 is 26.1. The number of imide groups is 1. The van der Waals surface area contributed by atoms with E-state index in [9.17, 15) is 22.8 Å². The molecule has 1 saturated heterocycles. The third-order valence-corrected chi connectivity index (χ3v) is 7.91. The molecule has 2 N–H and O–H groups in total. The van der Waals surface area contributed by atoms with Crippen LogP contribution < -0.4 is 10.6 Å². The molecule has 0 aromatic heterocycles. The zero-order valence-electron chi connectivity index (χ0n) is 20.4. The molecule has 4 amide bonds. The Morgan fingerprint density at radius 2 is 1.76 bits per heavy atom. The predicted molar refractivity (Wildman–Crippen MR) is 127 cm³/mol. The van der Waals surface area contributed by atoms with Crippen LogP contribution in [0.25, 0.3) is 0 Å². The Kier molecular flexibility index (Phi) is 8.64. The largest absolute Gasteiger partial charge is 0.325 e. The van der Waals surface area contributed by atoms with Crippen molar-refractivity contribution in [2.24, 2.45) is 0 Å². The van der Waals surface area contributed by atoms with Crippen molar-refractivity contribution in [1.29, 1.82) is 0 Å². The van der Waals surface area contributed by atoms with Crippen molar-refractivity contribution in [2.45, 2.75) is 76.7 Å². The lowest BCUT2D eigenvalue weighted by Gasteiger charge is -2.21. The van der Waals surface area contributed by atoms with Crippen LogP contribution in [0.15, 0.2) is 17.0 Å². The van der Waals surface area contributed by atoms with Crippen molar-refractivity contribution in [3.05, 3.63) is 23.3 Å². The maximum atomic E-state index is 12.9. The SMILES string of the molecule is CCCCCCCC1(C)NC(=O)N(CC(=O)Nc2cc(S(=O)(=O)N(C)C)cc(C)c2C)C1=O. The normalized spacial score (nSPS) is 18.7. The average Bonchev–Trinajstić information content (AvgIpc) is 2.94. The fraction of sp³-hybridized carbons (Fsp3) is 0.609. The molecule has 0 saturated carbocycles. The summed E-state index contributed by atoms with van der Waals surface area (Å²) in [6.07, 6.45) is 5.66. The summed E-state index contributed by atoms with van der Waals surface area (Å²) in [5.41, 5.74) is 0.704. The van der Waals surface area contributed by atoms with E-state index >= 15 is 0 Å². The van der Waals surface area contributed by atoms with Crippen molar-refractivity contribution in [2.75, 3.05) is 26.0 Å². The first-order valence-corrected chi connectivity index (χ1v) is 12.7. The Morgan fingerprint density at radius 1 is 1.12 bits per heavy atom. The molecule has 0 aliphatic carbocycles. The minimum absolute atomic E-state index is 0.0524. The fourth-order valence-corrected chi connectivity index (χ4v) is 4.81. The van der Waals surface area contributed by atoms with Crippen LogP contribution in [-0.4, -0.2) is 61.6 Å². The van der Waals surface area contributed by atoms with E-state index in [1.54, 1.807) is 26.8 Å². The Balaban J connectivity index is 2.11. The molecular weight excluding hydrogens is 444 g/mol. The van der Waals surface area contributed by atoms with Crippen LogP contribution in [0.1, 0.15) is 63.5 Å². The smallest absolute Gasteiger partial charge is 0.324 e. The van der Waals surface area contributed by atoms with Gasteiger partial charge in [0.25, 0.3) is 5.91 Å². The van der Waals surface area contributed by atoms with Gasteiger partial charge in [0.1, 0.15) is 12.1 Å². The van der Waals surface area contributed by atoms with Crippen molar-refractivity contribution >= 4 is 33.6 Å². The molecule has 0 spiro atoms. The second-order valence-electron chi connectivity index (χ2n) is 9.07. The number of amides is 4. The topological polar surface area (TPSA) is 116 Å². The Morgan fingerprint density at radius 3 is 2.36 bits per heavy atom. The summed E-state index contributed by atoms with van der Waals surface area (Å²) in [6.45, 7) is 6.89. The van der Waals surface area contributed by atoms with E-state index in [4.69, 9.17) is 0 Å². The summed E-state index contributed by atoms with van der Waals surface area (Å²) >= 11 is 0. The van der Waals surface area contributed by atoms with Gasteiger partial charge >= 0.3 is 6.03 Å². The zero-order chi connectivity index (χ0) is 25.0. The number of hydrogen-bond donors (Lipinski definition) is 2. The number of anilines is 1. The predicted octanol–water partition coefficient (Wildman–Crippen LogP) is 3.16. The second kappa shape index (κ2) is 10.6. The third-order valence-electron chi connectivity index (χ3n) is 6.12. The molecule has 1 atom stereocenters. The molecule has 0 bridgehead atoms. The number of benzene rings is 1. The van der Waals surface area contributed by atoms with E-state index in [1.165, 1.54) is 20.2 Å². The number of rotatable bonds is 11. The highest BCUT2D eigenvalue weighted by atomic mass is 32.2. The number of carbonyl (C=O) groups excluding carboxylic acids is 3. The van der Waals surface area contributed by atoms with Crippen LogP contribution in [-0.2, 0) is 19.6 Å². The maximum Gasteiger partial charge on any atom is 0.325 e. The third kappa shape index (κ3) is 6.11. The first-order chi connectivity index (χ1) is 15.3. The fourth-order valence-electron chi connectivity index (χ4n) is 3.79. The quantitative estimate of drug-likeness (QED) is 0.373. The van der Waals surface area contributed by atoms with Crippen molar-refractivity contribution in [1.82, 2.24) is 14.5 Å². The van der Waals surface area contributed by atoms with Gasteiger partial charge in [0.15, 0.2) is 0 Å². The lowest BCUT2D eigenvalue weighted by atomic mass is 9.94. The summed E-state index contributed by atoms with van der Waals surface area (Å²) in [4.78, 5) is 39.0. The minimum Gasteiger partial charge on any atom is -0.324 e. The van der Waals surface area contributed by atoms with Gasteiger partial charge in [0.2, 0.25) is 15.9 Å². The molecule has 1 aliphatic heterocycles. The van der Waals surface area contributed by atoms with Gasteiger partial charge in [-0.15, -0.1) is 0 Å². The molecule has 33 heavy (non-hydrogen) atoms. The monoisotopic (exact) mass is 480 g/mol. The molecule has 1 heterocycles. The van der Waals surface area contributed by atoms with Crippen LogP contribution in [0.4, 0.5) is 10.5 Å². The van der Waals surface area contributed by atoms with Gasteiger partial charge in [-0.25, -0.2) is 17.5 Å². The van der Waals surface area contributed by atoms with E-state index < -0.39 is 40.0 Å². The molecule has 9 nitrogen and oxygen atoms in total. The van der Waals surface area contributed by atoms with Gasteiger partial charge in [-0.1, -0.05) is 39.0 Å². The van der Waals surface area contributed by atoms with Crippen LogP contribution >= 0.6 is 0 Å². The number of carbonyl (C=O) groups is 3. The Hall–Kier alpha value is -2.46. The lowest BCUT2D eigenvalue weighted by molar-refractivity contribution is -0.133. The number of urea groups is 1. The number of hydrogen-bond acceptors (Lipinski definition) is 5. The Labute approximate surface area is 196 Å². The highest BCUT2D eigenvalue weighted by molar-refractivity contribution is 7.89. The second-order valence-corrected chi connectivity index (χ2v) is 11.2. The lowest BCUT2D eigenvalue weighted by Crippen LogP contribution is -2.44. The molecule has 2 rings (SSSR count). The zero-order valence-corrected chi connectivity index (χ0v) is 21.3. The summed E-state index contributed by atoms with van der Waals surface area (Å²) in [5.74, 6) is -0.998. The van der Waals surface area contributed by atoms with Gasteiger partial charge in [-0.2, -0.15) is 0 Å². The Bertz CT molecular complexity index is 1020. The first-order valence-electron chi connectivity index (χ1n) is 11.3. The molecule has 1 aromatic rings. The number of sulfonamides is 1. The molecule has 1 aromatic carbocycles. The van der Waals surface area contributed by atoms with E-state index in [-0.39, 0.29) is 4.90 Å². The minimum atomic E-state index is -3.69. The van der Waals surface area contributed by atoms with Gasteiger partial charge in [-0.05, 0) is 50.5 Å². The molecule has 1 fully saturated rings. The van der Waals surface area contributed by atoms with E-state index in [1.807, 2.05) is 0 Å². The highest BCUT2D eigenvalue weighted by Gasteiger charge is 2.47. The van der Waals surface area contributed by atoms with Crippen LogP contribution in [0.3, 0.4) is 0 Å². The van der Waals surface area contributed by atoms with Crippen LogP contribution in [0.2, 0.25) is 0 Å². The van der Waals surface area contributed by atoms with E-state index in [0.29, 0.717) is 23.2 Å². The number of nitrogens with one attached hydrogen (secondary N) is 2. The number of aryl methyl sites for hydroxylation is 1. The van der Waals surface area contributed by atoms with Crippen LogP contribution in [0.5, 0.6) is 0 Å². The standard InChI is InChI=1S/C23H36N4O5S/c1-7-8-9-10-11-12-23(4)21(29)27(22(30)25-23)15-20(28)24-19-14-18(13-16(2)17(19)3)33(31,32)26(5)6/h13-14H,7-12,15H2,1-6H3,(H,24,28)(H,25,30). The molecule has 184 valence electrons. The van der Waals surface area contributed by atoms with Crippen molar-refractivity contribution < 1.29 is 22.8 Å². The average molecular weight is 481 g/mol. The highest BCUT2D eigenvalue weighted by Crippen LogP contribution is 2.27. The van der Waals surface area contributed by atoms with Crippen molar-refractivity contribution in [3.8, 4) is 0 Å². The molecule has 1 unspecified atom stereocenters. The molecular formula is C23H36N4O5S.